The predicted molar refractivity (Wildman–Crippen MR) is 63.5 cm³/mol. The van der Waals surface area contributed by atoms with Crippen LogP contribution in [0.1, 0.15) is 25.7 Å². The molecule has 1 spiro atoms. The van der Waals surface area contributed by atoms with Crippen molar-refractivity contribution in [2.75, 3.05) is 0 Å². The van der Waals surface area contributed by atoms with Crippen molar-refractivity contribution >= 4 is 11.9 Å². The maximum Gasteiger partial charge on any atom is 0.320 e. The summed E-state index contributed by atoms with van der Waals surface area (Å²) in [5, 5.41) is 0. The van der Waals surface area contributed by atoms with Gasteiger partial charge in [0, 0.05) is 0 Å². The highest BCUT2D eigenvalue weighted by Crippen LogP contribution is 2.50. The Hall–Kier alpha value is -1.42. The molecule has 4 heteroatoms. The van der Waals surface area contributed by atoms with Crippen LogP contribution in [0.25, 0.3) is 0 Å². The monoisotopic (exact) mass is 248 g/mol. The Morgan fingerprint density at radius 1 is 1.33 bits per heavy atom. The molecule has 0 aromatic rings. The zero-order valence-electron chi connectivity index (χ0n) is 10.1. The van der Waals surface area contributed by atoms with E-state index in [2.05, 4.69) is 6.58 Å². The van der Waals surface area contributed by atoms with Crippen LogP contribution in [0.4, 0.5) is 0 Å². The van der Waals surface area contributed by atoms with Crippen molar-refractivity contribution in [2.24, 2.45) is 11.8 Å². The highest BCUT2D eigenvalue weighted by molar-refractivity contribution is 5.98. The molecule has 0 amide bonds. The first-order chi connectivity index (χ1) is 8.68. The number of carbonyl (C=O) groups is 2. The highest BCUT2D eigenvalue weighted by atomic mass is 16.6. The predicted octanol–water partition coefficient (Wildman–Crippen LogP) is 1.76. The lowest BCUT2D eigenvalue weighted by atomic mass is 9.78. The second kappa shape index (κ2) is 4.05. The van der Waals surface area contributed by atoms with E-state index in [4.69, 9.17) is 9.47 Å². The molecule has 0 aromatic heterocycles. The van der Waals surface area contributed by atoms with Gasteiger partial charge >= 0.3 is 11.9 Å². The molecule has 2 fully saturated rings. The Morgan fingerprint density at radius 2 is 2.17 bits per heavy atom. The molecule has 18 heavy (non-hydrogen) atoms. The molecule has 0 radical (unpaired) electrons. The lowest BCUT2D eigenvalue weighted by Crippen LogP contribution is -2.37. The molecule has 3 aliphatic rings. The van der Waals surface area contributed by atoms with Gasteiger partial charge in [0.05, 0.1) is 6.10 Å². The van der Waals surface area contributed by atoms with E-state index >= 15 is 0 Å². The summed E-state index contributed by atoms with van der Waals surface area (Å²) in [5.41, 5.74) is -0.663. The Balaban J connectivity index is 2.03. The van der Waals surface area contributed by atoms with Crippen LogP contribution in [-0.2, 0) is 19.1 Å². The van der Waals surface area contributed by atoms with Crippen LogP contribution in [-0.4, -0.2) is 23.6 Å². The quantitative estimate of drug-likeness (QED) is 0.403. The molecule has 2 heterocycles. The Morgan fingerprint density at radius 3 is 2.94 bits per heavy atom. The molecule has 2 aliphatic heterocycles. The zero-order valence-corrected chi connectivity index (χ0v) is 10.1. The summed E-state index contributed by atoms with van der Waals surface area (Å²) in [5.74, 6) is -1.93. The molecule has 4 nitrogen and oxygen atoms in total. The zero-order chi connectivity index (χ0) is 12.8. The Kier molecular flexibility index (Phi) is 2.63. The van der Waals surface area contributed by atoms with Gasteiger partial charge in [0.25, 0.3) is 0 Å². The van der Waals surface area contributed by atoms with Crippen LogP contribution in [0.3, 0.4) is 0 Å². The molecule has 0 aromatic carbocycles. The molecular weight excluding hydrogens is 232 g/mol. The van der Waals surface area contributed by atoms with E-state index in [1.807, 2.05) is 12.2 Å². The molecular formula is C14H16O4. The number of rotatable bonds is 1. The van der Waals surface area contributed by atoms with Crippen LogP contribution in [0.2, 0.25) is 0 Å². The summed E-state index contributed by atoms with van der Waals surface area (Å²) in [6.45, 7) is 3.70. The van der Waals surface area contributed by atoms with Gasteiger partial charge in [0.2, 0.25) is 0 Å². The van der Waals surface area contributed by atoms with E-state index in [1.54, 1.807) is 6.08 Å². The van der Waals surface area contributed by atoms with Crippen molar-refractivity contribution in [1.82, 2.24) is 0 Å². The number of esters is 2. The summed E-state index contributed by atoms with van der Waals surface area (Å²) in [4.78, 5) is 23.7. The standard InChI is InChI=1S/C14H16O4/c1-2-9-10-11(13(16)17-12(10)15)14(18-9)7-5-3-4-6-8-14/h2,5,7,9-11H,1,3-4,6,8H2/t9-,10+,11-,14-/m1/s1. The van der Waals surface area contributed by atoms with E-state index in [9.17, 15) is 9.59 Å². The molecule has 0 N–H and O–H groups in total. The third-order valence-corrected chi connectivity index (χ3v) is 4.14. The summed E-state index contributed by atoms with van der Waals surface area (Å²) in [6, 6.07) is 0. The fraction of sp³-hybridized carbons (Fsp3) is 0.571. The second-order valence-electron chi connectivity index (χ2n) is 5.16. The topological polar surface area (TPSA) is 52.6 Å². The highest BCUT2D eigenvalue weighted by Gasteiger charge is 2.63. The second-order valence-corrected chi connectivity index (χ2v) is 5.16. The summed E-state index contributed by atoms with van der Waals surface area (Å²) < 4.78 is 10.8. The smallest absolute Gasteiger partial charge is 0.320 e. The first-order valence-electron chi connectivity index (χ1n) is 6.41. The molecule has 1 aliphatic carbocycles. The maximum atomic E-state index is 11.9. The SMILES string of the molecule is C=C[C@H]1O[C@@]2(C=CCCCC2)[C@H]2C(=O)OC(=O)[C@@H]12. The van der Waals surface area contributed by atoms with Gasteiger partial charge in [-0.25, -0.2) is 0 Å². The number of cyclic esters (lactones) is 2. The molecule has 4 atom stereocenters. The van der Waals surface area contributed by atoms with Crippen LogP contribution in [0.15, 0.2) is 24.8 Å². The Bertz CT molecular complexity index is 439. The van der Waals surface area contributed by atoms with E-state index in [-0.39, 0.29) is 0 Å². The number of ether oxygens (including phenoxy) is 2. The van der Waals surface area contributed by atoms with E-state index in [0.29, 0.717) is 0 Å². The van der Waals surface area contributed by atoms with Crippen LogP contribution >= 0.6 is 0 Å². The molecule has 0 unspecified atom stereocenters. The van der Waals surface area contributed by atoms with Gasteiger partial charge in [-0.1, -0.05) is 18.2 Å². The van der Waals surface area contributed by atoms with Crippen molar-refractivity contribution in [3.8, 4) is 0 Å². The number of carbonyl (C=O) groups excluding carboxylic acids is 2. The van der Waals surface area contributed by atoms with Crippen molar-refractivity contribution in [3.05, 3.63) is 24.8 Å². The Labute approximate surface area is 106 Å². The van der Waals surface area contributed by atoms with Crippen molar-refractivity contribution in [3.63, 3.8) is 0 Å². The van der Waals surface area contributed by atoms with E-state index in [0.717, 1.165) is 25.7 Å². The fourth-order valence-electron chi connectivity index (χ4n) is 3.32. The van der Waals surface area contributed by atoms with Gasteiger partial charge in [0.1, 0.15) is 17.4 Å². The number of hydrogen-bond acceptors (Lipinski definition) is 4. The third kappa shape index (κ3) is 1.48. The summed E-state index contributed by atoms with van der Waals surface area (Å²) in [6.07, 6.45) is 9.01. The minimum absolute atomic E-state index is 0.420. The molecule has 0 bridgehead atoms. The van der Waals surface area contributed by atoms with Gasteiger partial charge in [-0.2, -0.15) is 0 Å². The van der Waals surface area contributed by atoms with Gasteiger partial charge < -0.3 is 9.47 Å². The molecule has 96 valence electrons. The van der Waals surface area contributed by atoms with Crippen LogP contribution in [0, 0.1) is 11.8 Å². The lowest BCUT2D eigenvalue weighted by Gasteiger charge is -2.28. The average molecular weight is 248 g/mol. The van der Waals surface area contributed by atoms with Crippen LogP contribution < -0.4 is 0 Å². The minimum Gasteiger partial charge on any atom is -0.393 e. The molecule has 2 saturated heterocycles. The maximum absolute atomic E-state index is 11.9. The number of fused-ring (bicyclic) bond motifs is 2. The third-order valence-electron chi connectivity index (χ3n) is 4.14. The van der Waals surface area contributed by atoms with E-state index in [1.165, 1.54) is 0 Å². The largest absolute Gasteiger partial charge is 0.393 e. The van der Waals surface area contributed by atoms with E-state index < -0.39 is 35.5 Å². The lowest BCUT2D eigenvalue weighted by molar-refractivity contribution is -0.159. The van der Waals surface area contributed by atoms with Gasteiger partial charge in [-0.3, -0.25) is 9.59 Å². The van der Waals surface area contributed by atoms with Crippen LogP contribution in [0.5, 0.6) is 0 Å². The molecule has 3 rings (SSSR count). The van der Waals surface area contributed by atoms with Gasteiger partial charge in [-0.15, -0.1) is 6.58 Å². The van der Waals surface area contributed by atoms with Crippen molar-refractivity contribution < 1.29 is 19.1 Å². The van der Waals surface area contributed by atoms with Crippen molar-refractivity contribution in [1.29, 1.82) is 0 Å². The normalized spacial score (nSPS) is 42.8. The average Bonchev–Trinajstić information content (AvgIpc) is 2.70. The number of hydrogen-bond donors (Lipinski definition) is 0. The summed E-state index contributed by atoms with van der Waals surface area (Å²) >= 11 is 0. The minimum atomic E-state index is -0.663. The molecule has 0 saturated carbocycles. The van der Waals surface area contributed by atoms with Crippen molar-refractivity contribution in [2.45, 2.75) is 37.4 Å². The fourth-order valence-corrected chi connectivity index (χ4v) is 3.32. The van der Waals surface area contributed by atoms with Gasteiger partial charge in [0.15, 0.2) is 0 Å². The van der Waals surface area contributed by atoms with Gasteiger partial charge in [-0.05, 0) is 25.7 Å². The first kappa shape index (κ1) is 11.7. The summed E-state index contributed by atoms with van der Waals surface area (Å²) in [7, 11) is 0. The number of allylic oxidation sites excluding steroid dienone is 1. The first-order valence-corrected chi connectivity index (χ1v) is 6.41.